The van der Waals surface area contributed by atoms with Gasteiger partial charge in [0.15, 0.2) is 11.5 Å². The van der Waals surface area contributed by atoms with E-state index in [-0.39, 0.29) is 0 Å². The molecule has 0 fully saturated rings. The highest BCUT2D eigenvalue weighted by atomic mass is 16.5. The quantitative estimate of drug-likeness (QED) is 0.732. The summed E-state index contributed by atoms with van der Waals surface area (Å²) in [6, 6.07) is 13.9. The zero-order valence-electron chi connectivity index (χ0n) is 14.7. The fraction of sp³-hybridized carbons (Fsp3) is 0.400. The molecule has 0 bridgehead atoms. The molecule has 0 aliphatic carbocycles. The van der Waals surface area contributed by atoms with E-state index in [9.17, 15) is 5.11 Å². The van der Waals surface area contributed by atoms with Gasteiger partial charge in [0.05, 0.1) is 13.7 Å². The van der Waals surface area contributed by atoms with Crippen LogP contribution in [0, 0.1) is 0 Å². The number of aromatic hydroxyl groups is 1. The summed E-state index contributed by atoms with van der Waals surface area (Å²) in [7, 11) is 1.66. The summed E-state index contributed by atoms with van der Waals surface area (Å²) in [5.41, 5.74) is 2.41. The molecule has 1 unspecified atom stereocenters. The van der Waals surface area contributed by atoms with Gasteiger partial charge in [-0.25, -0.2) is 0 Å². The van der Waals surface area contributed by atoms with Crippen LogP contribution in [0.3, 0.4) is 0 Å². The van der Waals surface area contributed by atoms with Crippen molar-refractivity contribution in [1.29, 1.82) is 0 Å². The highest BCUT2D eigenvalue weighted by Crippen LogP contribution is 2.28. The van der Waals surface area contributed by atoms with E-state index >= 15 is 0 Å². The molecule has 0 aromatic heterocycles. The summed E-state index contributed by atoms with van der Waals surface area (Å²) >= 11 is 0. The molecule has 2 aromatic carbocycles. The molecule has 4 nitrogen and oxygen atoms in total. The maximum atomic E-state index is 9.31. The maximum absolute atomic E-state index is 9.31. The number of rotatable bonds is 9. The molecule has 1 atom stereocenters. The maximum Gasteiger partial charge on any atom is 0.161 e. The van der Waals surface area contributed by atoms with Crippen LogP contribution in [-0.4, -0.2) is 24.9 Å². The Morgan fingerprint density at radius 2 is 1.75 bits per heavy atom. The number of methoxy groups -OCH3 is 1. The average Bonchev–Trinajstić information content (AvgIpc) is 2.60. The largest absolute Gasteiger partial charge is 0.508 e. The summed E-state index contributed by atoms with van der Waals surface area (Å²) in [6.45, 7) is 5.57. The molecule has 0 heterocycles. The highest BCUT2D eigenvalue weighted by Gasteiger charge is 2.07. The van der Waals surface area contributed by atoms with Gasteiger partial charge in [-0.2, -0.15) is 0 Å². The standard InChI is InChI=1S/C20H27NO3/c1-4-24-19-12-9-17(13-20(19)23-3)14-21-15(2)5-6-16-7-10-18(22)11-8-16/h7-13,15,21-22H,4-6,14H2,1-3H3. The van der Waals surface area contributed by atoms with E-state index in [1.807, 2.05) is 31.2 Å². The lowest BCUT2D eigenvalue weighted by atomic mass is 10.1. The van der Waals surface area contributed by atoms with Gasteiger partial charge in [0.25, 0.3) is 0 Å². The van der Waals surface area contributed by atoms with Gasteiger partial charge in [-0.15, -0.1) is 0 Å². The Bertz CT molecular complexity index is 625. The number of benzene rings is 2. The summed E-state index contributed by atoms with van der Waals surface area (Å²) < 4.78 is 10.9. The SMILES string of the molecule is CCOc1ccc(CNC(C)CCc2ccc(O)cc2)cc1OC. The normalized spacial score (nSPS) is 12.0. The molecule has 4 heteroatoms. The molecule has 2 rings (SSSR count). The molecule has 0 aliphatic heterocycles. The van der Waals surface area contributed by atoms with Crippen molar-refractivity contribution in [1.82, 2.24) is 5.32 Å². The van der Waals surface area contributed by atoms with Crippen LogP contribution in [0.5, 0.6) is 17.2 Å². The third kappa shape index (κ3) is 5.46. The molecule has 130 valence electrons. The number of aryl methyl sites for hydroxylation is 1. The molecule has 0 spiro atoms. The minimum atomic E-state index is 0.314. The van der Waals surface area contributed by atoms with Gasteiger partial charge in [0, 0.05) is 12.6 Å². The Labute approximate surface area is 144 Å². The minimum Gasteiger partial charge on any atom is -0.508 e. The van der Waals surface area contributed by atoms with Gasteiger partial charge in [-0.3, -0.25) is 0 Å². The van der Waals surface area contributed by atoms with E-state index in [1.54, 1.807) is 19.2 Å². The van der Waals surface area contributed by atoms with Gasteiger partial charge < -0.3 is 19.9 Å². The first-order valence-electron chi connectivity index (χ1n) is 8.43. The molecule has 2 aromatic rings. The second kappa shape index (κ2) is 9.18. The van der Waals surface area contributed by atoms with Crippen LogP contribution in [0.25, 0.3) is 0 Å². The Hall–Kier alpha value is -2.20. The number of ether oxygens (including phenoxy) is 2. The van der Waals surface area contributed by atoms with Crippen molar-refractivity contribution in [2.45, 2.75) is 39.3 Å². The van der Waals surface area contributed by atoms with Crippen molar-refractivity contribution in [2.75, 3.05) is 13.7 Å². The average molecular weight is 329 g/mol. The van der Waals surface area contributed by atoms with E-state index < -0.39 is 0 Å². The van der Waals surface area contributed by atoms with Crippen LogP contribution in [-0.2, 0) is 13.0 Å². The summed E-state index contributed by atoms with van der Waals surface area (Å²) in [5, 5.41) is 12.8. The molecule has 2 N–H and O–H groups in total. The number of hydrogen-bond donors (Lipinski definition) is 2. The Balaban J connectivity index is 1.82. The van der Waals surface area contributed by atoms with E-state index in [2.05, 4.69) is 18.3 Å². The highest BCUT2D eigenvalue weighted by molar-refractivity contribution is 5.42. The van der Waals surface area contributed by atoms with E-state index in [0.717, 1.165) is 30.9 Å². The lowest BCUT2D eigenvalue weighted by molar-refractivity contribution is 0.310. The minimum absolute atomic E-state index is 0.314. The van der Waals surface area contributed by atoms with Crippen LogP contribution < -0.4 is 14.8 Å². The molecule has 0 amide bonds. The van der Waals surface area contributed by atoms with Crippen molar-refractivity contribution < 1.29 is 14.6 Å². The first-order chi connectivity index (χ1) is 11.6. The molecule has 24 heavy (non-hydrogen) atoms. The van der Waals surface area contributed by atoms with Crippen LogP contribution >= 0.6 is 0 Å². The molecule has 0 saturated carbocycles. The van der Waals surface area contributed by atoms with E-state index in [0.29, 0.717) is 18.4 Å². The van der Waals surface area contributed by atoms with Crippen LogP contribution in [0.1, 0.15) is 31.4 Å². The zero-order valence-corrected chi connectivity index (χ0v) is 14.7. The molecular formula is C20H27NO3. The Morgan fingerprint density at radius 1 is 1.04 bits per heavy atom. The van der Waals surface area contributed by atoms with Crippen LogP contribution in [0.15, 0.2) is 42.5 Å². The third-order valence-corrected chi connectivity index (χ3v) is 3.98. The molecule has 0 aliphatic rings. The van der Waals surface area contributed by atoms with Crippen LogP contribution in [0.2, 0.25) is 0 Å². The predicted octanol–water partition coefficient (Wildman–Crippen LogP) is 3.91. The fourth-order valence-corrected chi connectivity index (χ4v) is 2.54. The van der Waals surface area contributed by atoms with Gasteiger partial charge in [0.2, 0.25) is 0 Å². The van der Waals surface area contributed by atoms with Gasteiger partial charge in [-0.1, -0.05) is 18.2 Å². The van der Waals surface area contributed by atoms with Gasteiger partial charge in [-0.05, 0) is 62.1 Å². The number of nitrogens with one attached hydrogen (secondary N) is 1. The van der Waals surface area contributed by atoms with Gasteiger partial charge >= 0.3 is 0 Å². The van der Waals surface area contributed by atoms with E-state index in [4.69, 9.17) is 9.47 Å². The van der Waals surface area contributed by atoms with Crippen molar-refractivity contribution in [2.24, 2.45) is 0 Å². The van der Waals surface area contributed by atoms with Gasteiger partial charge in [0.1, 0.15) is 5.75 Å². The summed E-state index contributed by atoms with van der Waals surface area (Å²) in [6.07, 6.45) is 2.03. The second-order valence-electron chi connectivity index (χ2n) is 5.91. The number of phenols is 1. The topological polar surface area (TPSA) is 50.7 Å². The number of phenolic OH excluding ortho intramolecular Hbond substituents is 1. The molecule has 0 radical (unpaired) electrons. The Kier molecular flexibility index (Phi) is 6.94. The Morgan fingerprint density at radius 3 is 2.42 bits per heavy atom. The monoisotopic (exact) mass is 329 g/mol. The second-order valence-corrected chi connectivity index (χ2v) is 5.91. The molecular weight excluding hydrogens is 302 g/mol. The lowest BCUT2D eigenvalue weighted by Crippen LogP contribution is -2.26. The van der Waals surface area contributed by atoms with Crippen molar-refractivity contribution >= 4 is 0 Å². The number of hydrogen-bond acceptors (Lipinski definition) is 4. The van der Waals surface area contributed by atoms with Crippen molar-refractivity contribution in [3.05, 3.63) is 53.6 Å². The first kappa shape index (κ1) is 18.1. The zero-order chi connectivity index (χ0) is 17.4. The predicted molar refractivity (Wildman–Crippen MR) is 96.9 cm³/mol. The van der Waals surface area contributed by atoms with Crippen molar-refractivity contribution in [3.63, 3.8) is 0 Å². The first-order valence-corrected chi connectivity index (χ1v) is 8.43. The smallest absolute Gasteiger partial charge is 0.161 e. The van der Waals surface area contributed by atoms with E-state index in [1.165, 1.54) is 11.1 Å². The lowest BCUT2D eigenvalue weighted by Gasteiger charge is -2.15. The van der Waals surface area contributed by atoms with Crippen LogP contribution in [0.4, 0.5) is 0 Å². The molecule has 0 saturated heterocycles. The van der Waals surface area contributed by atoms with Crippen molar-refractivity contribution in [3.8, 4) is 17.2 Å². The summed E-state index contributed by atoms with van der Waals surface area (Å²) in [4.78, 5) is 0. The third-order valence-electron chi connectivity index (χ3n) is 3.98. The summed E-state index contributed by atoms with van der Waals surface area (Å²) in [5.74, 6) is 1.87. The fourth-order valence-electron chi connectivity index (χ4n) is 2.54.